The largest absolute Gasteiger partial charge is 0.451 e. The molecular weight excluding hydrogens is 334 g/mol. The van der Waals surface area contributed by atoms with Crippen molar-refractivity contribution in [2.75, 3.05) is 0 Å². The summed E-state index contributed by atoms with van der Waals surface area (Å²) in [6.07, 6.45) is 1.45. The number of hydrogen-bond acceptors (Lipinski definition) is 6. The minimum Gasteiger partial charge on any atom is -0.451 e. The number of hydrogen-bond donors (Lipinski definition) is 1. The molecule has 0 aliphatic rings. The monoisotopic (exact) mass is 345 g/mol. The molecule has 0 fully saturated rings. The van der Waals surface area contributed by atoms with E-state index in [0.29, 0.717) is 22.0 Å². The molecule has 2 heterocycles. The van der Waals surface area contributed by atoms with Gasteiger partial charge in [-0.2, -0.15) is 4.98 Å². The summed E-state index contributed by atoms with van der Waals surface area (Å²) in [5.74, 6) is -0.325. The fourth-order valence-corrected chi connectivity index (χ4v) is 2.21. The van der Waals surface area contributed by atoms with Crippen LogP contribution in [0.4, 0.5) is 0 Å². The van der Waals surface area contributed by atoms with Crippen molar-refractivity contribution in [1.29, 1.82) is 0 Å². The van der Waals surface area contributed by atoms with Gasteiger partial charge in [-0.05, 0) is 25.1 Å². The van der Waals surface area contributed by atoms with E-state index in [0.717, 1.165) is 0 Å². The van der Waals surface area contributed by atoms with Gasteiger partial charge in [0.2, 0.25) is 5.82 Å². The second kappa shape index (κ2) is 6.67. The maximum Gasteiger partial charge on any atom is 0.355 e. The van der Waals surface area contributed by atoms with Crippen LogP contribution in [0.2, 0.25) is 5.02 Å². The Morgan fingerprint density at radius 1 is 1.33 bits per heavy atom. The number of carbonyl (C=O) groups is 2. The van der Waals surface area contributed by atoms with Crippen molar-refractivity contribution in [3.05, 3.63) is 58.7 Å². The van der Waals surface area contributed by atoms with Gasteiger partial charge in [-0.1, -0.05) is 28.9 Å². The number of H-pyrrole nitrogens is 1. The number of esters is 1. The van der Waals surface area contributed by atoms with Crippen LogP contribution in [0, 0.1) is 0 Å². The second-order valence-electron chi connectivity index (χ2n) is 4.93. The van der Waals surface area contributed by atoms with E-state index >= 15 is 0 Å². The van der Waals surface area contributed by atoms with E-state index in [4.69, 9.17) is 20.9 Å². The number of halogens is 1. The van der Waals surface area contributed by atoms with E-state index < -0.39 is 5.97 Å². The standard InChI is InChI=1S/C16H12ClN3O4/c1-9(21)10-6-13(18-7-10)16(22)23-8-14-19-15(20-24-14)11-4-2-3-5-12(11)17/h2-7,18H,8H2,1H3. The molecule has 122 valence electrons. The number of nitrogens with one attached hydrogen (secondary N) is 1. The van der Waals surface area contributed by atoms with Crippen LogP contribution in [0.15, 0.2) is 41.1 Å². The molecule has 1 aromatic carbocycles. The van der Waals surface area contributed by atoms with Gasteiger partial charge in [0.15, 0.2) is 12.4 Å². The maximum absolute atomic E-state index is 11.9. The number of aromatic amines is 1. The molecule has 0 amide bonds. The lowest BCUT2D eigenvalue weighted by Gasteiger charge is -1.99. The number of ether oxygens (including phenoxy) is 1. The third-order valence-electron chi connectivity index (χ3n) is 3.22. The zero-order chi connectivity index (χ0) is 17.1. The first-order valence-corrected chi connectivity index (χ1v) is 7.36. The number of nitrogens with zero attached hydrogens (tertiary/aromatic N) is 2. The molecule has 24 heavy (non-hydrogen) atoms. The first-order chi connectivity index (χ1) is 11.5. The molecule has 0 saturated carbocycles. The van der Waals surface area contributed by atoms with Gasteiger partial charge < -0.3 is 14.2 Å². The van der Waals surface area contributed by atoms with Crippen molar-refractivity contribution in [2.45, 2.75) is 13.5 Å². The van der Waals surface area contributed by atoms with Gasteiger partial charge in [-0.25, -0.2) is 4.79 Å². The molecular formula is C16H12ClN3O4. The van der Waals surface area contributed by atoms with Crippen LogP contribution in [0.1, 0.15) is 33.7 Å². The Morgan fingerprint density at radius 3 is 2.83 bits per heavy atom. The van der Waals surface area contributed by atoms with Crippen LogP contribution >= 0.6 is 11.6 Å². The van der Waals surface area contributed by atoms with E-state index in [1.54, 1.807) is 24.3 Å². The lowest BCUT2D eigenvalue weighted by molar-refractivity contribution is 0.0423. The fraction of sp³-hybridized carbons (Fsp3) is 0.125. The van der Waals surface area contributed by atoms with Gasteiger partial charge >= 0.3 is 5.97 Å². The Kier molecular flexibility index (Phi) is 4.43. The molecule has 3 rings (SSSR count). The van der Waals surface area contributed by atoms with Gasteiger partial charge in [-0.15, -0.1) is 0 Å². The minimum absolute atomic E-state index is 0.136. The highest BCUT2D eigenvalue weighted by Crippen LogP contribution is 2.24. The summed E-state index contributed by atoms with van der Waals surface area (Å²) >= 11 is 6.06. The predicted octanol–water partition coefficient (Wildman–Crippen LogP) is 3.28. The Hall–Kier alpha value is -2.93. The summed E-state index contributed by atoms with van der Waals surface area (Å²) in [5.41, 5.74) is 1.20. The Bertz CT molecular complexity index is 900. The molecule has 3 aromatic rings. The van der Waals surface area contributed by atoms with Crippen LogP contribution in [-0.4, -0.2) is 26.9 Å². The molecule has 0 aliphatic heterocycles. The number of Topliss-reactive ketones (excluding diaryl/α,β-unsaturated/α-hetero) is 1. The van der Waals surface area contributed by atoms with Crippen LogP contribution in [0.5, 0.6) is 0 Å². The SMILES string of the molecule is CC(=O)c1c[nH]c(C(=O)OCc2nc(-c3ccccc3Cl)no2)c1. The van der Waals surface area contributed by atoms with Gasteiger partial charge in [0.25, 0.3) is 5.89 Å². The summed E-state index contributed by atoms with van der Waals surface area (Å²) < 4.78 is 10.1. The molecule has 8 heteroatoms. The summed E-state index contributed by atoms with van der Waals surface area (Å²) in [4.78, 5) is 29.9. The highest BCUT2D eigenvalue weighted by Gasteiger charge is 2.15. The number of carbonyl (C=O) groups excluding carboxylic acids is 2. The quantitative estimate of drug-likeness (QED) is 0.563. The van der Waals surface area contributed by atoms with Crippen molar-refractivity contribution in [3.63, 3.8) is 0 Å². The number of benzene rings is 1. The third kappa shape index (κ3) is 3.36. The van der Waals surface area contributed by atoms with Gasteiger partial charge in [0, 0.05) is 17.3 Å². The molecule has 0 atom stereocenters. The number of rotatable bonds is 5. The predicted molar refractivity (Wildman–Crippen MR) is 84.7 cm³/mol. The molecule has 2 aromatic heterocycles. The fourth-order valence-electron chi connectivity index (χ4n) is 1.99. The Labute approximate surface area is 141 Å². The second-order valence-corrected chi connectivity index (χ2v) is 5.33. The lowest BCUT2D eigenvalue weighted by Crippen LogP contribution is -2.05. The maximum atomic E-state index is 11.9. The lowest BCUT2D eigenvalue weighted by atomic mass is 10.2. The van der Waals surface area contributed by atoms with E-state index in [9.17, 15) is 9.59 Å². The smallest absolute Gasteiger partial charge is 0.355 e. The van der Waals surface area contributed by atoms with Crippen LogP contribution in [0.3, 0.4) is 0 Å². The zero-order valence-corrected chi connectivity index (χ0v) is 13.3. The molecule has 7 nitrogen and oxygen atoms in total. The van der Waals surface area contributed by atoms with Crippen LogP contribution in [0.25, 0.3) is 11.4 Å². The molecule has 1 N–H and O–H groups in total. The summed E-state index contributed by atoms with van der Waals surface area (Å²) in [7, 11) is 0. The van der Waals surface area contributed by atoms with Crippen molar-refractivity contribution >= 4 is 23.4 Å². The summed E-state index contributed by atoms with van der Waals surface area (Å²) in [5, 5.41) is 4.30. The van der Waals surface area contributed by atoms with E-state index in [1.807, 2.05) is 0 Å². The summed E-state index contributed by atoms with van der Waals surface area (Å²) in [6.45, 7) is 1.22. The molecule has 0 bridgehead atoms. The summed E-state index contributed by atoms with van der Waals surface area (Å²) in [6, 6.07) is 8.49. The van der Waals surface area contributed by atoms with E-state index in [2.05, 4.69) is 15.1 Å². The molecule has 0 unspecified atom stereocenters. The van der Waals surface area contributed by atoms with Gasteiger partial charge in [0.05, 0.1) is 5.02 Å². The molecule has 0 aliphatic carbocycles. The third-order valence-corrected chi connectivity index (χ3v) is 3.55. The average Bonchev–Trinajstić information content (AvgIpc) is 3.22. The minimum atomic E-state index is -0.625. The molecule has 0 saturated heterocycles. The van der Waals surface area contributed by atoms with E-state index in [1.165, 1.54) is 19.2 Å². The number of ketones is 1. The highest BCUT2D eigenvalue weighted by molar-refractivity contribution is 6.33. The zero-order valence-electron chi connectivity index (χ0n) is 12.6. The Balaban J connectivity index is 1.66. The van der Waals surface area contributed by atoms with Crippen LogP contribution < -0.4 is 0 Å². The van der Waals surface area contributed by atoms with E-state index in [-0.39, 0.29) is 24.0 Å². The van der Waals surface area contributed by atoms with Gasteiger partial charge in [0.1, 0.15) is 5.69 Å². The highest BCUT2D eigenvalue weighted by atomic mass is 35.5. The first-order valence-electron chi connectivity index (χ1n) is 6.98. The van der Waals surface area contributed by atoms with Crippen molar-refractivity contribution in [3.8, 4) is 11.4 Å². The molecule has 0 radical (unpaired) electrons. The number of aromatic nitrogens is 3. The average molecular weight is 346 g/mol. The first kappa shape index (κ1) is 15.9. The normalized spacial score (nSPS) is 10.6. The topological polar surface area (TPSA) is 98.1 Å². The van der Waals surface area contributed by atoms with Crippen LogP contribution in [-0.2, 0) is 11.3 Å². The van der Waals surface area contributed by atoms with Crippen molar-refractivity contribution in [2.24, 2.45) is 0 Å². The van der Waals surface area contributed by atoms with Gasteiger partial charge in [-0.3, -0.25) is 4.79 Å². The van der Waals surface area contributed by atoms with Crippen molar-refractivity contribution in [1.82, 2.24) is 15.1 Å². The van der Waals surface area contributed by atoms with Crippen molar-refractivity contribution < 1.29 is 18.8 Å². The Morgan fingerprint density at radius 2 is 2.12 bits per heavy atom. The molecule has 0 spiro atoms.